The Bertz CT molecular complexity index is 932. The fourth-order valence-corrected chi connectivity index (χ4v) is 3.24. The van der Waals surface area contributed by atoms with Gasteiger partial charge in [0.25, 0.3) is 0 Å². The number of hydrogen-bond acceptors (Lipinski definition) is 3. The summed E-state index contributed by atoms with van der Waals surface area (Å²) in [6, 6.07) is 25.1. The predicted molar refractivity (Wildman–Crippen MR) is 115 cm³/mol. The van der Waals surface area contributed by atoms with Gasteiger partial charge in [-0.2, -0.15) is 0 Å². The van der Waals surface area contributed by atoms with Crippen LogP contribution in [0, 0.1) is 0 Å². The summed E-state index contributed by atoms with van der Waals surface area (Å²) >= 11 is 0. The second-order valence-corrected chi connectivity index (χ2v) is 6.72. The van der Waals surface area contributed by atoms with Crippen LogP contribution in [-0.2, 0) is 9.59 Å². The van der Waals surface area contributed by atoms with E-state index < -0.39 is 0 Å². The number of carbonyl (C=O) groups excluding carboxylic acids is 2. The van der Waals surface area contributed by atoms with Crippen LogP contribution in [0.1, 0.15) is 30.4 Å². The minimum absolute atomic E-state index is 0.0766. The van der Waals surface area contributed by atoms with Crippen molar-refractivity contribution < 1.29 is 14.3 Å². The van der Waals surface area contributed by atoms with E-state index in [1.54, 1.807) is 25.3 Å². The third-order valence-electron chi connectivity index (χ3n) is 4.60. The highest BCUT2D eigenvalue weighted by Gasteiger charge is 2.19. The van der Waals surface area contributed by atoms with Gasteiger partial charge in [0.2, 0.25) is 11.8 Å². The van der Waals surface area contributed by atoms with Crippen molar-refractivity contribution >= 4 is 23.2 Å². The summed E-state index contributed by atoms with van der Waals surface area (Å²) in [5, 5.41) is 5.66. The van der Waals surface area contributed by atoms with E-state index in [0.717, 1.165) is 11.1 Å². The second kappa shape index (κ2) is 9.55. The predicted octanol–water partition coefficient (Wildman–Crippen LogP) is 4.81. The summed E-state index contributed by atoms with van der Waals surface area (Å²) in [5.41, 5.74) is 3.18. The van der Waals surface area contributed by atoms with E-state index in [0.29, 0.717) is 17.1 Å². The molecule has 0 aliphatic heterocycles. The largest absolute Gasteiger partial charge is 0.497 e. The van der Waals surface area contributed by atoms with E-state index in [1.165, 1.54) is 6.92 Å². The van der Waals surface area contributed by atoms with Gasteiger partial charge in [0, 0.05) is 25.3 Å². The summed E-state index contributed by atoms with van der Waals surface area (Å²) in [6.45, 7) is 1.43. The number of rotatable bonds is 7. The molecule has 2 amide bonds. The molecule has 0 saturated heterocycles. The molecule has 0 aromatic heterocycles. The van der Waals surface area contributed by atoms with E-state index in [4.69, 9.17) is 4.74 Å². The zero-order chi connectivity index (χ0) is 20.6. The molecule has 0 radical (unpaired) electrons. The molecule has 0 aliphatic rings. The first kappa shape index (κ1) is 20.1. The average molecular weight is 388 g/mol. The Hall–Kier alpha value is -3.60. The number of methoxy groups -OCH3 is 1. The van der Waals surface area contributed by atoms with E-state index >= 15 is 0 Å². The van der Waals surface area contributed by atoms with Crippen LogP contribution in [0.4, 0.5) is 11.4 Å². The van der Waals surface area contributed by atoms with Crippen molar-refractivity contribution in [2.75, 3.05) is 17.7 Å². The number of ether oxygens (including phenoxy) is 1. The molecule has 0 saturated carbocycles. The molecule has 0 spiro atoms. The summed E-state index contributed by atoms with van der Waals surface area (Å²) in [6.07, 6.45) is 0.269. The zero-order valence-corrected chi connectivity index (χ0v) is 16.5. The Morgan fingerprint density at radius 2 is 1.41 bits per heavy atom. The smallest absolute Gasteiger partial charge is 0.225 e. The standard InChI is InChI=1S/C24H24N2O3/c1-17(27)25-22-14-13-20(29-2)15-23(22)26-24(28)16-21(18-9-5-3-6-10-18)19-11-7-4-8-12-19/h3-15,21H,16H2,1-2H3,(H,25,27)(H,26,28). The van der Waals surface area contributed by atoms with E-state index in [9.17, 15) is 9.59 Å². The Kier molecular flexibility index (Phi) is 6.63. The fraction of sp³-hybridized carbons (Fsp3) is 0.167. The lowest BCUT2D eigenvalue weighted by Crippen LogP contribution is -2.18. The number of amides is 2. The van der Waals surface area contributed by atoms with E-state index in [-0.39, 0.29) is 24.2 Å². The quantitative estimate of drug-likeness (QED) is 0.610. The van der Waals surface area contributed by atoms with Gasteiger partial charge in [0.15, 0.2) is 0 Å². The maximum Gasteiger partial charge on any atom is 0.225 e. The Morgan fingerprint density at radius 1 is 0.828 bits per heavy atom. The maximum atomic E-state index is 12.9. The van der Waals surface area contributed by atoms with Crippen molar-refractivity contribution in [3.63, 3.8) is 0 Å². The molecule has 3 rings (SSSR count). The molecule has 5 nitrogen and oxygen atoms in total. The first-order valence-corrected chi connectivity index (χ1v) is 9.42. The number of carbonyl (C=O) groups is 2. The molecule has 0 unspecified atom stereocenters. The van der Waals surface area contributed by atoms with Gasteiger partial charge in [-0.3, -0.25) is 9.59 Å². The molecule has 0 heterocycles. The van der Waals surface area contributed by atoms with Crippen molar-refractivity contribution in [3.05, 3.63) is 90.0 Å². The molecule has 0 fully saturated rings. The number of anilines is 2. The minimum atomic E-state index is -0.211. The van der Waals surface area contributed by atoms with Gasteiger partial charge in [-0.15, -0.1) is 0 Å². The van der Waals surface area contributed by atoms with Crippen molar-refractivity contribution in [2.45, 2.75) is 19.3 Å². The van der Waals surface area contributed by atoms with Crippen LogP contribution in [-0.4, -0.2) is 18.9 Å². The minimum Gasteiger partial charge on any atom is -0.497 e. The van der Waals surface area contributed by atoms with Crippen LogP contribution < -0.4 is 15.4 Å². The van der Waals surface area contributed by atoms with E-state index in [2.05, 4.69) is 10.6 Å². The van der Waals surface area contributed by atoms with Crippen LogP contribution in [0.5, 0.6) is 5.75 Å². The Morgan fingerprint density at radius 3 is 1.93 bits per heavy atom. The lowest BCUT2D eigenvalue weighted by atomic mass is 9.88. The number of nitrogens with one attached hydrogen (secondary N) is 2. The highest BCUT2D eigenvalue weighted by atomic mass is 16.5. The molecule has 148 valence electrons. The van der Waals surface area contributed by atoms with Gasteiger partial charge in [-0.05, 0) is 23.3 Å². The van der Waals surface area contributed by atoms with Crippen LogP contribution in [0.3, 0.4) is 0 Å². The van der Waals surface area contributed by atoms with Gasteiger partial charge >= 0.3 is 0 Å². The first-order chi connectivity index (χ1) is 14.1. The Balaban J connectivity index is 1.85. The summed E-state index contributed by atoms with van der Waals surface area (Å²) < 4.78 is 5.25. The lowest BCUT2D eigenvalue weighted by molar-refractivity contribution is -0.116. The first-order valence-electron chi connectivity index (χ1n) is 9.42. The Labute approximate surface area is 170 Å². The van der Waals surface area contributed by atoms with Crippen molar-refractivity contribution in [3.8, 4) is 5.75 Å². The van der Waals surface area contributed by atoms with Crippen molar-refractivity contribution in [1.82, 2.24) is 0 Å². The molecular weight excluding hydrogens is 364 g/mol. The maximum absolute atomic E-state index is 12.9. The highest BCUT2D eigenvalue weighted by molar-refractivity contribution is 5.99. The van der Waals surface area contributed by atoms with E-state index in [1.807, 2.05) is 60.7 Å². The van der Waals surface area contributed by atoms with Gasteiger partial charge in [-0.1, -0.05) is 60.7 Å². The third-order valence-corrected chi connectivity index (χ3v) is 4.60. The third kappa shape index (κ3) is 5.45. The van der Waals surface area contributed by atoms with Gasteiger partial charge in [-0.25, -0.2) is 0 Å². The molecule has 3 aromatic carbocycles. The molecule has 3 aromatic rings. The number of hydrogen-bond donors (Lipinski definition) is 2. The summed E-state index contributed by atoms with van der Waals surface area (Å²) in [7, 11) is 1.56. The van der Waals surface area contributed by atoms with Crippen LogP contribution in [0.15, 0.2) is 78.9 Å². The monoisotopic (exact) mass is 388 g/mol. The highest BCUT2D eigenvalue weighted by Crippen LogP contribution is 2.31. The SMILES string of the molecule is COc1ccc(NC(C)=O)c(NC(=O)CC(c2ccccc2)c2ccccc2)c1. The number of benzene rings is 3. The van der Waals surface area contributed by atoms with Crippen molar-refractivity contribution in [2.24, 2.45) is 0 Å². The lowest BCUT2D eigenvalue weighted by Gasteiger charge is -2.19. The summed E-state index contributed by atoms with van der Waals surface area (Å²) in [4.78, 5) is 24.4. The zero-order valence-electron chi connectivity index (χ0n) is 16.5. The normalized spacial score (nSPS) is 10.4. The summed E-state index contributed by atoms with van der Waals surface area (Å²) in [5.74, 6) is 0.156. The molecule has 0 bridgehead atoms. The molecule has 0 aliphatic carbocycles. The van der Waals surface area contributed by atoms with Gasteiger partial charge in [0.1, 0.15) is 5.75 Å². The second-order valence-electron chi connectivity index (χ2n) is 6.72. The van der Waals surface area contributed by atoms with Gasteiger partial charge in [0.05, 0.1) is 18.5 Å². The average Bonchev–Trinajstić information content (AvgIpc) is 2.74. The molecular formula is C24H24N2O3. The molecule has 2 N–H and O–H groups in total. The van der Waals surface area contributed by atoms with Crippen LogP contribution in [0.25, 0.3) is 0 Å². The molecule has 5 heteroatoms. The van der Waals surface area contributed by atoms with Crippen molar-refractivity contribution in [1.29, 1.82) is 0 Å². The fourth-order valence-electron chi connectivity index (χ4n) is 3.24. The molecule has 0 atom stereocenters. The van der Waals surface area contributed by atoms with Crippen LogP contribution >= 0.6 is 0 Å². The van der Waals surface area contributed by atoms with Crippen LogP contribution in [0.2, 0.25) is 0 Å². The topological polar surface area (TPSA) is 67.4 Å². The van der Waals surface area contributed by atoms with Gasteiger partial charge < -0.3 is 15.4 Å². The molecule has 29 heavy (non-hydrogen) atoms.